The molecule has 0 heterocycles. The van der Waals surface area contributed by atoms with Crippen LogP contribution in [0.2, 0.25) is 0 Å². The molecular formula is C16H16O3. The highest BCUT2D eigenvalue weighted by molar-refractivity contribution is 5.70. The predicted molar refractivity (Wildman–Crippen MR) is 74.2 cm³/mol. The van der Waals surface area contributed by atoms with E-state index in [1.807, 2.05) is 54.6 Å². The fourth-order valence-electron chi connectivity index (χ4n) is 1.93. The molecule has 0 bridgehead atoms. The lowest BCUT2D eigenvalue weighted by Crippen LogP contribution is -2.16. The molecule has 1 N–H and O–H groups in total. The van der Waals surface area contributed by atoms with Gasteiger partial charge in [0.25, 0.3) is 0 Å². The number of aliphatic carboxylic acids is 1. The van der Waals surface area contributed by atoms with Crippen LogP contribution in [0.25, 0.3) is 11.1 Å². The minimum absolute atomic E-state index is 0.0108. The highest BCUT2D eigenvalue weighted by Crippen LogP contribution is 2.30. The van der Waals surface area contributed by atoms with Crippen molar-refractivity contribution in [3.63, 3.8) is 0 Å². The third-order valence-corrected chi connectivity index (χ3v) is 2.76. The summed E-state index contributed by atoms with van der Waals surface area (Å²) in [7, 11) is 0. The number of hydrogen-bond acceptors (Lipinski definition) is 2. The van der Waals surface area contributed by atoms with Gasteiger partial charge < -0.3 is 9.84 Å². The normalized spacial score (nSPS) is 11.8. The minimum atomic E-state index is -0.857. The van der Waals surface area contributed by atoms with Gasteiger partial charge in [0.2, 0.25) is 0 Å². The standard InChI is InChI=1S/C16H16O3/c1-12(11-16(17)18)19-15-10-6-5-9-14(15)13-7-3-2-4-8-13/h2-10,12H,11H2,1H3,(H,17,18)/t12-/m0/s1. The highest BCUT2D eigenvalue weighted by atomic mass is 16.5. The lowest BCUT2D eigenvalue weighted by Gasteiger charge is -2.16. The Balaban J connectivity index is 2.24. The molecule has 0 aromatic heterocycles. The minimum Gasteiger partial charge on any atom is -0.489 e. The maximum absolute atomic E-state index is 10.7. The first kappa shape index (κ1) is 13.1. The Hall–Kier alpha value is -2.29. The SMILES string of the molecule is C[C@@H](CC(=O)O)Oc1ccccc1-c1ccccc1. The molecule has 1 atom stereocenters. The molecule has 2 aromatic rings. The van der Waals surface area contributed by atoms with Crippen LogP contribution in [0, 0.1) is 0 Å². The average molecular weight is 256 g/mol. The molecule has 0 aliphatic carbocycles. The highest BCUT2D eigenvalue weighted by Gasteiger charge is 2.12. The zero-order chi connectivity index (χ0) is 13.7. The van der Waals surface area contributed by atoms with Gasteiger partial charge in [-0.1, -0.05) is 48.5 Å². The number of rotatable bonds is 5. The van der Waals surface area contributed by atoms with E-state index in [1.54, 1.807) is 6.92 Å². The Bertz CT molecular complexity index is 549. The Morgan fingerprint density at radius 2 is 1.74 bits per heavy atom. The van der Waals surface area contributed by atoms with E-state index in [2.05, 4.69) is 0 Å². The van der Waals surface area contributed by atoms with Crippen LogP contribution in [0.1, 0.15) is 13.3 Å². The monoisotopic (exact) mass is 256 g/mol. The summed E-state index contributed by atoms with van der Waals surface area (Å²) in [5, 5.41) is 8.77. The second-order valence-corrected chi connectivity index (χ2v) is 4.39. The van der Waals surface area contributed by atoms with Crippen LogP contribution >= 0.6 is 0 Å². The number of para-hydroxylation sites is 1. The van der Waals surface area contributed by atoms with Gasteiger partial charge in [0, 0.05) is 5.56 Å². The van der Waals surface area contributed by atoms with Crippen molar-refractivity contribution in [2.24, 2.45) is 0 Å². The smallest absolute Gasteiger partial charge is 0.307 e. The van der Waals surface area contributed by atoms with Gasteiger partial charge >= 0.3 is 5.97 Å². The lowest BCUT2D eigenvalue weighted by molar-refractivity contribution is -0.138. The Morgan fingerprint density at radius 1 is 1.11 bits per heavy atom. The first-order valence-electron chi connectivity index (χ1n) is 6.19. The van der Waals surface area contributed by atoms with E-state index in [-0.39, 0.29) is 12.5 Å². The van der Waals surface area contributed by atoms with E-state index >= 15 is 0 Å². The van der Waals surface area contributed by atoms with Gasteiger partial charge in [-0.05, 0) is 18.6 Å². The van der Waals surface area contributed by atoms with Crippen molar-refractivity contribution in [3.05, 3.63) is 54.6 Å². The number of hydrogen-bond donors (Lipinski definition) is 1. The summed E-state index contributed by atoms with van der Waals surface area (Å²) in [5.41, 5.74) is 2.03. The van der Waals surface area contributed by atoms with Crippen molar-refractivity contribution in [3.8, 4) is 16.9 Å². The van der Waals surface area contributed by atoms with Crippen LogP contribution in [0.5, 0.6) is 5.75 Å². The fourth-order valence-corrected chi connectivity index (χ4v) is 1.93. The number of carboxylic acid groups (broad SMARTS) is 1. The number of carboxylic acids is 1. The van der Waals surface area contributed by atoms with Gasteiger partial charge in [0.05, 0.1) is 6.42 Å². The van der Waals surface area contributed by atoms with Gasteiger partial charge in [0.1, 0.15) is 11.9 Å². The van der Waals surface area contributed by atoms with Crippen molar-refractivity contribution in [1.29, 1.82) is 0 Å². The molecule has 3 heteroatoms. The summed E-state index contributed by atoms with van der Waals surface area (Å²) < 4.78 is 5.73. The first-order valence-corrected chi connectivity index (χ1v) is 6.19. The summed E-state index contributed by atoms with van der Waals surface area (Å²) in [4.78, 5) is 10.7. The second-order valence-electron chi connectivity index (χ2n) is 4.39. The molecule has 0 spiro atoms. The lowest BCUT2D eigenvalue weighted by atomic mass is 10.0. The van der Waals surface area contributed by atoms with Gasteiger partial charge in [0.15, 0.2) is 0 Å². The Kier molecular flexibility index (Phi) is 4.18. The third-order valence-electron chi connectivity index (χ3n) is 2.76. The molecule has 0 aliphatic rings. The van der Waals surface area contributed by atoms with Gasteiger partial charge in [-0.25, -0.2) is 0 Å². The topological polar surface area (TPSA) is 46.5 Å². The van der Waals surface area contributed by atoms with Crippen LogP contribution in [-0.4, -0.2) is 17.2 Å². The fraction of sp³-hybridized carbons (Fsp3) is 0.188. The Labute approximate surface area is 112 Å². The van der Waals surface area contributed by atoms with Crippen LogP contribution in [-0.2, 0) is 4.79 Å². The zero-order valence-electron chi connectivity index (χ0n) is 10.7. The molecule has 0 unspecified atom stereocenters. The van der Waals surface area contributed by atoms with Crippen molar-refractivity contribution in [2.45, 2.75) is 19.4 Å². The average Bonchev–Trinajstić information content (AvgIpc) is 2.39. The summed E-state index contributed by atoms with van der Waals surface area (Å²) in [6.07, 6.45) is -0.370. The van der Waals surface area contributed by atoms with Crippen molar-refractivity contribution < 1.29 is 14.6 Å². The molecule has 3 nitrogen and oxygen atoms in total. The summed E-state index contributed by atoms with van der Waals surface area (Å²) >= 11 is 0. The quantitative estimate of drug-likeness (QED) is 0.889. The summed E-state index contributed by atoms with van der Waals surface area (Å²) in [6, 6.07) is 17.6. The van der Waals surface area contributed by atoms with Gasteiger partial charge in [-0.3, -0.25) is 4.79 Å². The van der Waals surface area contributed by atoms with Crippen molar-refractivity contribution in [2.75, 3.05) is 0 Å². The largest absolute Gasteiger partial charge is 0.489 e. The van der Waals surface area contributed by atoms with E-state index in [4.69, 9.17) is 9.84 Å². The van der Waals surface area contributed by atoms with E-state index in [0.29, 0.717) is 5.75 Å². The number of carbonyl (C=O) groups is 1. The molecule has 0 amide bonds. The van der Waals surface area contributed by atoms with Crippen LogP contribution in [0.3, 0.4) is 0 Å². The molecule has 98 valence electrons. The van der Waals surface area contributed by atoms with E-state index in [1.165, 1.54) is 0 Å². The predicted octanol–water partition coefficient (Wildman–Crippen LogP) is 3.60. The Morgan fingerprint density at radius 3 is 2.42 bits per heavy atom. The second kappa shape index (κ2) is 6.05. The third kappa shape index (κ3) is 3.58. The molecular weight excluding hydrogens is 240 g/mol. The number of benzene rings is 2. The summed E-state index contributed by atoms with van der Waals surface area (Å²) in [5.74, 6) is -0.146. The molecule has 19 heavy (non-hydrogen) atoms. The first-order chi connectivity index (χ1) is 9.16. The zero-order valence-corrected chi connectivity index (χ0v) is 10.7. The number of ether oxygens (including phenoxy) is 1. The van der Waals surface area contributed by atoms with Crippen LogP contribution < -0.4 is 4.74 Å². The van der Waals surface area contributed by atoms with Gasteiger partial charge in [-0.2, -0.15) is 0 Å². The van der Waals surface area contributed by atoms with E-state index in [9.17, 15) is 4.79 Å². The molecule has 0 aliphatic heterocycles. The molecule has 2 aromatic carbocycles. The van der Waals surface area contributed by atoms with Crippen molar-refractivity contribution >= 4 is 5.97 Å². The maximum Gasteiger partial charge on any atom is 0.307 e. The molecule has 0 radical (unpaired) electrons. The van der Waals surface area contributed by atoms with Gasteiger partial charge in [-0.15, -0.1) is 0 Å². The van der Waals surface area contributed by atoms with E-state index < -0.39 is 5.97 Å². The molecule has 0 fully saturated rings. The van der Waals surface area contributed by atoms with Crippen molar-refractivity contribution in [1.82, 2.24) is 0 Å². The molecule has 0 saturated carbocycles. The summed E-state index contributed by atoms with van der Waals surface area (Å²) in [6.45, 7) is 1.76. The van der Waals surface area contributed by atoms with Crippen LogP contribution in [0.15, 0.2) is 54.6 Å². The van der Waals surface area contributed by atoms with Crippen LogP contribution in [0.4, 0.5) is 0 Å². The van der Waals surface area contributed by atoms with E-state index in [0.717, 1.165) is 11.1 Å². The maximum atomic E-state index is 10.7. The molecule has 0 saturated heterocycles. The molecule has 2 rings (SSSR count).